The van der Waals surface area contributed by atoms with Gasteiger partial charge in [0.05, 0.1) is 6.04 Å². The summed E-state index contributed by atoms with van der Waals surface area (Å²) >= 11 is 0. The van der Waals surface area contributed by atoms with Gasteiger partial charge in [-0.25, -0.2) is 4.99 Å². The summed E-state index contributed by atoms with van der Waals surface area (Å²) in [6, 6.07) is 0.538. The molecule has 1 aliphatic rings. The van der Waals surface area contributed by atoms with Crippen molar-refractivity contribution in [2.75, 3.05) is 0 Å². The minimum Gasteiger partial charge on any atom is -0.232 e. The lowest BCUT2D eigenvalue weighted by atomic mass is 9.96. The standard InChI is InChI=1S/C13H21N/c1-2-3-4-5-9-12-14-13-10-7-6-8-11-13/h5,13H,2-4,6-8,10-11H2,1H3. The molecule has 0 radical (unpaired) electrons. The van der Waals surface area contributed by atoms with Gasteiger partial charge in [-0.2, -0.15) is 0 Å². The summed E-state index contributed by atoms with van der Waals surface area (Å²) in [5, 5.41) is 0. The quantitative estimate of drug-likeness (QED) is 0.363. The van der Waals surface area contributed by atoms with E-state index in [0.29, 0.717) is 6.04 Å². The fraction of sp³-hybridized carbons (Fsp3) is 0.769. The topological polar surface area (TPSA) is 12.4 Å². The van der Waals surface area contributed by atoms with Gasteiger partial charge in [-0.15, -0.1) is 0 Å². The molecule has 0 saturated heterocycles. The molecule has 0 heterocycles. The van der Waals surface area contributed by atoms with Crippen LogP contribution < -0.4 is 0 Å². The summed E-state index contributed by atoms with van der Waals surface area (Å²) in [6.45, 7) is 2.20. The second-order valence-electron chi connectivity index (χ2n) is 4.02. The van der Waals surface area contributed by atoms with Crippen molar-refractivity contribution in [3.63, 3.8) is 0 Å². The van der Waals surface area contributed by atoms with Crippen LogP contribution >= 0.6 is 0 Å². The zero-order valence-corrected chi connectivity index (χ0v) is 9.26. The molecule has 1 rings (SSSR count). The molecule has 0 bridgehead atoms. The molecule has 1 nitrogen and oxygen atoms in total. The highest BCUT2D eigenvalue weighted by molar-refractivity contribution is 5.50. The van der Waals surface area contributed by atoms with Gasteiger partial charge < -0.3 is 0 Å². The first-order chi connectivity index (χ1) is 6.93. The van der Waals surface area contributed by atoms with Crippen molar-refractivity contribution in [3.05, 3.63) is 11.8 Å². The maximum absolute atomic E-state index is 4.39. The van der Waals surface area contributed by atoms with E-state index >= 15 is 0 Å². The van der Waals surface area contributed by atoms with E-state index in [-0.39, 0.29) is 0 Å². The van der Waals surface area contributed by atoms with Gasteiger partial charge in [0, 0.05) is 5.87 Å². The third-order valence-electron chi connectivity index (χ3n) is 2.69. The lowest BCUT2D eigenvalue weighted by Gasteiger charge is -2.15. The predicted molar refractivity (Wildman–Crippen MR) is 61.9 cm³/mol. The molecule has 0 aromatic carbocycles. The van der Waals surface area contributed by atoms with E-state index in [0.717, 1.165) is 6.42 Å². The Balaban J connectivity index is 2.25. The maximum Gasteiger partial charge on any atom is 0.0600 e. The predicted octanol–water partition coefficient (Wildman–Crippen LogP) is 3.89. The molecule has 1 aliphatic carbocycles. The largest absolute Gasteiger partial charge is 0.232 e. The lowest BCUT2D eigenvalue weighted by Crippen LogP contribution is -2.08. The highest BCUT2D eigenvalue weighted by atomic mass is 14.7. The number of unbranched alkanes of at least 4 members (excludes halogenated alkanes) is 2. The molecule has 14 heavy (non-hydrogen) atoms. The van der Waals surface area contributed by atoms with Crippen LogP contribution in [0.1, 0.15) is 58.3 Å². The van der Waals surface area contributed by atoms with Crippen LogP contribution in [-0.2, 0) is 0 Å². The number of nitrogens with zero attached hydrogens (tertiary/aromatic N) is 1. The SMILES string of the molecule is CCCCC=C=C=NC1CCCCC1. The second kappa shape index (κ2) is 7.62. The van der Waals surface area contributed by atoms with Gasteiger partial charge in [0.1, 0.15) is 0 Å². The minimum absolute atomic E-state index is 0.538. The molecule has 0 aromatic heterocycles. The Kier molecular flexibility index (Phi) is 6.15. The third-order valence-corrected chi connectivity index (χ3v) is 2.69. The van der Waals surface area contributed by atoms with Gasteiger partial charge in [-0.05, 0) is 31.8 Å². The van der Waals surface area contributed by atoms with Crippen molar-refractivity contribution in [3.8, 4) is 0 Å². The minimum atomic E-state index is 0.538. The van der Waals surface area contributed by atoms with Gasteiger partial charge in [0.15, 0.2) is 0 Å². The van der Waals surface area contributed by atoms with Crippen molar-refractivity contribution in [1.82, 2.24) is 0 Å². The summed E-state index contributed by atoms with van der Waals surface area (Å²) < 4.78 is 0. The number of aliphatic imine (C=N–C) groups is 1. The Bertz CT molecular complexity index is 224. The Labute approximate surface area is 87.6 Å². The van der Waals surface area contributed by atoms with E-state index in [1.54, 1.807) is 0 Å². The van der Waals surface area contributed by atoms with Crippen molar-refractivity contribution >= 4 is 5.87 Å². The fourth-order valence-electron chi connectivity index (χ4n) is 1.76. The van der Waals surface area contributed by atoms with E-state index in [1.807, 2.05) is 0 Å². The fourth-order valence-corrected chi connectivity index (χ4v) is 1.76. The highest BCUT2D eigenvalue weighted by Crippen LogP contribution is 2.19. The van der Waals surface area contributed by atoms with Gasteiger partial charge in [0.25, 0.3) is 0 Å². The van der Waals surface area contributed by atoms with Gasteiger partial charge in [0.2, 0.25) is 0 Å². The molecule has 0 N–H and O–H groups in total. The molecule has 0 spiro atoms. The van der Waals surface area contributed by atoms with Gasteiger partial charge in [-0.3, -0.25) is 0 Å². The first kappa shape index (κ1) is 11.3. The molecule has 1 saturated carbocycles. The summed E-state index contributed by atoms with van der Waals surface area (Å²) in [5.74, 6) is 2.93. The van der Waals surface area contributed by atoms with Crippen LogP contribution in [0.2, 0.25) is 0 Å². The highest BCUT2D eigenvalue weighted by Gasteiger charge is 2.10. The number of hydrogen-bond donors (Lipinski definition) is 0. The van der Waals surface area contributed by atoms with Gasteiger partial charge >= 0.3 is 0 Å². The molecule has 1 fully saturated rings. The molecular weight excluding hydrogens is 170 g/mol. The molecule has 0 aromatic rings. The van der Waals surface area contributed by atoms with Crippen molar-refractivity contribution in [2.45, 2.75) is 64.3 Å². The Hall–Kier alpha value is -0.770. The smallest absolute Gasteiger partial charge is 0.0600 e. The Morgan fingerprint density at radius 3 is 2.79 bits per heavy atom. The average Bonchev–Trinajstić information content (AvgIpc) is 2.25. The van der Waals surface area contributed by atoms with Crippen molar-refractivity contribution in [2.24, 2.45) is 4.99 Å². The zero-order chi connectivity index (χ0) is 10.1. The molecule has 1 heteroatoms. The van der Waals surface area contributed by atoms with E-state index in [2.05, 4.69) is 29.6 Å². The molecule has 0 unspecified atom stereocenters. The number of allylic oxidation sites excluding steroid dienone is 1. The summed E-state index contributed by atoms with van der Waals surface area (Å²) in [7, 11) is 0. The van der Waals surface area contributed by atoms with Crippen LogP contribution in [0.25, 0.3) is 0 Å². The monoisotopic (exact) mass is 191 g/mol. The second-order valence-corrected chi connectivity index (χ2v) is 4.02. The van der Waals surface area contributed by atoms with E-state index in [1.165, 1.54) is 44.9 Å². The van der Waals surface area contributed by atoms with E-state index < -0.39 is 0 Å². The molecule has 0 amide bonds. The first-order valence-electron chi connectivity index (χ1n) is 5.95. The van der Waals surface area contributed by atoms with Gasteiger partial charge in [-0.1, -0.05) is 38.3 Å². The first-order valence-corrected chi connectivity index (χ1v) is 5.95. The Morgan fingerprint density at radius 1 is 1.29 bits per heavy atom. The van der Waals surface area contributed by atoms with Crippen LogP contribution in [-0.4, -0.2) is 11.9 Å². The molecule has 0 aliphatic heterocycles. The normalized spacial score (nSPS) is 16.9. The van der Waals surface area contributed by atoms with E-state index in [9.17, 15) is 0 Å². The third kappa shape index (κ3) is 5.07. The Morgan fingerprint density at radius 2 is 2.07 bits per heavy atom. The summed E-state index contributed by atoms with van der Waals surface area (Å²) in [5.41, 5.74) is 3.03. The van der Waals surface area contributed by atoms with Crippen LogP contribution in [0.3, 0.4) is 0 Å². The summed E-state index contributed by atoms with van der Waals surface area (Å²) in [6.07, 6.45) is 12.2. The van der Waals surface area contributed by atoms with Crippen LogP contribution in [0.15, 0.2) is 16.8 Å². The molecular formula is C13H21N. The van der Waals surface area contributed by atoms with E-state index in [4.69, 9.17) is 0 Å². The lowest BCUT2D eigenvalue weighted by molar-refractivity contribution is 0.445. The summed E-state index contributed by atoms with van der Waals surface area (Å²) in [4.78, 5) is 4.39. The van der Waals surface area contributed by atoms with Crippen molar-refractivity contribution < 1.29 is 0 Å². The van der Waals surface area contributed by atoms with Crippen LogP contribution in [0.5, 0.6) is 0 Å². The van der Waals surface area contributed by atoms with Crippen molar-refractivity contribution in [1.29, 1.82) is 0 Å². The molecule has 0 atom stereocenters. The average molecular weight is 191 g/mol. The zero-order valence-electron chi connectivity index (χ0n) is 9.26. The maximum atomic E-state index is 4.39. The molecule has 78 valence electrons. The van der Waals surface area contributed by atoms with Crippen LogP contribution in [0.4, 0.5) is 0 Å². The van der Waals surface area contributed by atoms with Crippen LogP contribution in [0, 0.1) is 0 Å². The number of hydrogen-bond acceptors (Lipinski definition) is 1. The number of rotatable bonds is 4.